The van der Waals surface area contributed by atoms with Gasteiger partial charge in [0.25, 0.3) is 0 Å². The first kappa shape index (κ1) is 16.2. The van der Waals surface area contributed by atoms with Crippen LogP contribution in [0.1, 0.15) is 39.0 Å². The van der Waals surface area contributed by atoms with E-state index in [-0.39, 0.29) is 11.7 Å². The van der Waals surface area contributed by atoms with Crippen molar-refractivity contribution in [1.29, 1.82) is 0 Å². The molecule has 0 bridgehead atoms. The van der Waals surface area contributed by atoms with Crippen LogP contribution in [0.25, 0.3) is 0 Å². The average Bonchev–Trinajstić information content (AvgIpc) is 2.42. The van der Waals surface area contributed by atoms with E-state index in [0.29, 0.717) is 12.3 Å². The Morgan fingerprint density at radius 2 is 2.05 bits per heavy atom. The molecule has 2 rings (SSSR count). The zero-order valence-corrected chi connectivity index (χ0v) is 12.7. The molecule has 0 aromatic heterocycles. The molecule has 4 nitrogen and oxygen atoms in total. The Hall–Kier alpha value is -1.21. The summed E-state index contributed by atoms with van der Waals surface area (Å²) in [4.78, 5) is -0.723. The molecule has 2 atom stereocenters. The standard InChI is InChI=1S/C14H20F2N2O2S/c1-2-9-4-3-5-11(6-9)18-21(19,20)13-8-10(17)7-12(15)14(13)16/h7-9,11,18H,2-6,17H2,1H3. The molecule has 1 aliphatic rings. The lowest BCUT2D eigenvalue weighted by Gasteiger charge is -2.28. The summed E-state index contributed by atoms with van der Waals surface area (Å²) in [7, 11) is -4.11. The van der Waals surface area contributed by atoms with Crippen molar-refractivity contribution in [1.82, 2.24) is 4.72 Å². The van der Waals surface area contributed by atoms with Gasteiger partial charge in [-0.2, -0.15) is 0 Å². The maximum Gasteiger partial charge on any atom is 0.243 e. The molecular weight excluding hydrogens is 298 g/mol. The summed E-state index contributed by atoms with van der Waals surface area (Å²) in [6.07, 6.45) is 4.43. The highest BCUT2D eigenvalue weighted by atomic mass is 32.2. The molecule has 0 spiro atoms. The molecule has 0 aliphatic heterocycles. The van der Waals surface area contributed by atoms with Crippen molar-refractivity contribution < 1.29 is 17.2 Å². The Kier molecular flexibility index (Phi) is 4.83. The van der Waals surface area contributed by atoms with Gasteiger partial charge in [-0.1, -0.05) is 26.2 Å². The molecule has 1 aromatic carbocycles. The lowest BCUT2D eigenvalue weighted by atomic mass is 9.85. The lowest BCUT2D eigenvalue weighted by Crippen LogP contribution is -2.38. The summed E-state index contributed by atoms with van der Waals surface area (Å²) >= 11 is 0. The molecule has 0 heterocycles. The number of nitrogens with one attached hydrogen (secondary N) is 1. The molecular formula is C14H20F2N2O2S. The van der Waals surface area contributed by atoms with Crippen molar-refractivity contribution in [3.8, 4) is 0 Å². The van der Waals surface area contributed by atoms with Crippen LogP contribution in [-0.2, 0) is 10.0 Å². The van der Waals surface area contributed by atoms with Gasteiger partial charge in [-0.3, -0.25) is 0 Å². The van der Waals surface area contributed by atoms with Crippen LogP contribution < -0.4 is 10.5 Å². The molecule has 1 saturated carbocycles. The molecule has 1 aliphatic carbocycles. The van der Waals surface area contributed by atoms with Crippen LogP contribution in [0.15, 0.2) is 17.0 Å². The first-order valence-corrected chi connectivity index (χ1v) is 8.58. The number of halogens is 2. The number of nitrogen functional groups attached to an aromatic ring is 1. The largest absolute Gasteiger partial charge is 0.399 e. The van der Waals surface area contributed by atoms with Crippen molar-refractivity contribution >= 4 is 15.7 Å². The molecule has 0 saturated heterocycles. The van der Waals surface area contributed by atoms with Gasteiger partial charge in [0, 0.05) is 11.7 Å². The monoisotopic (exact) mass is 318 g/mol. The van der Waals surface area contributed by atoms with Crippen LogP contribution in [0.4, 0.5) is 14.5 Å². The summed E-state index contributed by atoms with van der Waals surface area (Å²) in [5.74, 6) is -2.18. The van der Waals surface area contributed by atoms with Gasteiger partial charge >= 0.3 is 0 Å². The van der Waals surface area contributed by atoms with Gasteiger partial charge in [-0.15, -0.1) is 0 Å². The van der Waals surface area contributed by atoms with Crippen LogP contribution in [0.5, 0.6) is 0 Å². The second-order valence-corrected chi connectivity index (χ2v) is 7.26. The van der Waals surface area contributed by atoms with Gasteiger partial charge in [-0.05, 0) is 30.9 Å². The van der Waals surface area contributed by atoms with E-state index in [1.165, 1.54) is 0 Å². The zero-order chi connectivity index (χ0) is 15.6. The predicted octanol–water partition coefficient (Wildman–Crippen LogP) is 2.79. The maximum absolute atomic E-state index is 13.7. The summed E-state index contributed by atoms with van der Waals surface area (Å²) in [6, 6.07) is 1.47. The van der Waals surface area contributed by atoms with E-state index in [1.807, 2.05) is 0 Å². The SMILES string of the molecule is CCC1CCCC(NS(=O)(=O)c2cc(N)cc(F)c2F)C1. The minimum absolute atomic E-state index is 0.121. The summed E-state index contributed by atoms with van der Waals surface area (Å²) in [5, 5.41) is 0. The number of benzene rings is 1. The number of nitrogens with two attached hydrogens (primary N) is 1. The normalized spacial score (nSPS) is 23.2. The lowest BCUT2D eigenvalue weighted by molar-refractivity contribution is 0.301. The second-order valence-electron chi connectivity index (χ2n) is 5.57. The molecule has 118 valence electrons. The fraction of sp³-hybridized carbons (Fsp3) is 0.571. The highest BCUT2D eigenvalue weighted by Gasteiger charge is 2.28. The summed E-state index contributed by atoms with van der Waals surface area (Å²) in [6.45, 7) is 2.06. The third-order valence-electron chi connectivity index (χ3n) is 3.99. The fourth-order valence-electron chi connectivity index (χ4n) is 2.83. The van der Waals surface area contributed by atoms with Gasteiger partial charge in [-0.25, -0.2) is 21.9 Å². The van der Waals surface area contributed by atoms with Crippen molar-refractivity contribution in [3.05, 3.63) is 23.8 Å². The first-order chi connectivity index (χ1) is 9.83. The van der Waals surface area contributed by atoms with Crippen LogP contribution in [-0.4, -0.2) is 14.5 Å². The Morgan fingerprint density at radius 3 is 2.71 bits per heavy atom. The topological polar surface area (TPSA) is 72.2 Å². The number of anilines is 1. The number of sulfonamides is 1. The van der Waals surface area contributed by atoms with Gasteiger partial charge in [0.15, 0.2) is 11.6 Å². The molecule has 2 unspecified atom stereocenters. The Morgan fingerprint density at radius 1 is 1.33 bits per heavy atom. The number of hydrogen-bond donors (Lipinski definition) is 2. The van der Waals surface area contributed by atoms with Crippen LogP contribution >= 0.6 is 0 Å². The molecule has 0 radical (unpaired) electrons. The molecule has 1 aromatic rings. The molecule has 1 fully saturated rings. The van der Waals surface area contributed by atoms with E-state index in [4.69, 9.17) is 5.73 Å². The van der Waals surface area contributed by atoms with Crippen molar-refractivity contribution in [2.24, 2.45) is 5.92 Å². The fourth-order valence-corrected chi connectivity index (χ4v) is 4.24. The van der Waals surface area contributed by atoms with Gasteiger partial charge < -0.3 is 5.73 Å². The van der Waals surface area contributed by atoms with Crippen molar-refractivity contribution in [2.45, 2.75) is 50.0 Å². The molecule has 21 heavy (non-hydrogen) atoms. The second kappa shape index (κ2) is 6.27. The zero-order valence-electron chi connectivity index (χ0n) is 11.9. The number of hydrogen-bond acceptors (Lipinski definition) is 3. The highest BCUT2D eigenvalue weighted by molar-refractivity contribution is 7.89. The van der Waals surface area contributed by atoms with E-state index in [1.54, 1.807) is 0 Å². The van der Waals surface area contributed by atoms with E-state index in [0.717, 1.165) is 37.8 Å². The third kappa shape index (κ3) is 3.71. The van der Waals surface area contributed by atoms with Gasteiger partial charge in [0.1, 0.15) is 4.90 Å². The third-order valence-corrected chi connectivity index (χ3v) is 5.51. The Labute approximate surface area is 123 Å². The van der Waals surface area contributed by atoms with Gasteiger partial charge in [0.2, 0.25) is 10.0 Å². The van der Waals surface area contributed by atoms with E-state index >= 15 is 0 Å². The number of rotatable bonds is 4. The summed E-state index contributed by atoms with van der Waals surface area (Å²) in [5.41, 5.74) is 5.28. The molecule has 3 N–H and O–H groups in total. The van der Waals surface area contributed by atoms with E-state index in [9.17, 15) is 17.2 Å². The van der Waals surface area contributed by atoms with E-state index < -0.39 is 26.6 Å². The van der Waals surface area contributed by atoms with Crippen LogP contribution in [0.2, 0.25) is 0 Å². The van der Waals surface area contributed by atoms with E-state index in [2.05, 4.69) is 11.6 Å². The molecule has 0 amide bonds. The maximum atomic E-state index is 13.7. The molecule has 7 heteroatoms. The van der Waals surface area contributed by atoms with Gasteiger partial charge in [0.05, 0.1) is 0 Å². The minimum Gasteiger partial charge on any atom is -0.399 e. The quantitative estimate of drug-likeness (QED) is 0.839. The predicted molar refractivity (Wildman–Crippen MR) is 77.1 cm³/mol. The summed E-state index contributed by atoms with van der Waals surface area (Å²) < 4.78 is 54.0. The average molecular weight is 318 g/mol. The Bertz CT molecular complexity index is 620. The van der Waals surface area contributed by atoms with Crippen LogP contribution in [0.3, 0.4) is 0 Å². The van der Waals surface area contributed by atoms with Crippen molar-refractivity contribution in [3.63, 3.8) is 0 Å². The first-order valence-electron chi connectivity index (χ1n) is 7.10. The minimum atomic E-state index is -4.11. The van der Waals surface area contributed by atoms with Crippen LogP contribution in [0, 0.1) is 17.6 Å². The smallest absolute Gasteiger partial charge is 0.243 e. The highest BCUT2D eigenvalue weighted by Crippen LogP contribution is 2.28. The Balaban J connectivity index is 2.23. The van der Waals surface area contributed by atoms with Crippen molar-refractivity contribution in [2.75, 3.05) is 5.73 Å².